The van der Waals surface area contributed by atoms with E-state index in [9.17, 15) is 0 Å². The molecule has 6 heteroatoms. The molecule has 0 radical (unpaired) electrons. The van der Waals surface area contributed by atoms with E-state index in [-0.39, 0.29) is 0 Å². The average molecular weight is 282 g/mol. The Hall–Kier alpha value is -2.34. The van der Waals surface area contributed by atoms with Crippen molar-refractivity contribution in [2.75, 3.05) is 13.6 Å². The molecule has 0 spiro atoms. The first kappa shape index (κ1) is 13.6. The van der Waals surface area contributed by atoms with Gasteiger partial charge in [0, 0.05) is 24.7 Å². The third-order valence-corrected chi connectivity index (χ3v) is 3.48. The smallest absolute Gasteiger partial charge is 0.138 e. The highest BCUT2D eigenvalue weighted by atomic mass is 15.5. The predicted molar refractivity (Wildman–Crippen MR) is 80.5 cm³/mol. The van der Waals surface area contributed by atoms with Crippen LogP contribution in [0.15, 0.2) is 42.9 Å². The van der Waals surface area contributed by atoms with Crippen molar-refractivity contribution >= 4 is 10.9 Å². The second-order valence-electron chi connectivity index (χ2n) is 5.16. The maximum Gasteiger partial charge on any atom is 0.138 e. The summed E-state index contributed by atoms with van der Waals surface area (Å²) in [6, 6.07) is 10.4. The van der Waals surface area contributed by atoms with E-state index in [1.54, 1.807) is 11.0 Å². The highest BCUT2D eigenvalue weighted by molar-refractivity contribution is 5.81. The lowest BCUT2D eigenvalue weighted by Crippen LogP contribution is -2.20. The predicted octanol–water partition coefficient (Wildman–Crippen LogP) is 1.74. The van der Waals surface area contributed by atoms with Gasteiger partial charge in [-0.05, 0) is 42.1 Å². The molecule has 0 aliphatic carbocycles. The molecule has 1 aromatic carbocycles. The summed E-state index contributed by atoms with van der Waals surface area (Å²) >= 11 is 0. The lowest BCUT2D eigenvalue weighted by Gasteiger charge is -2.17. The number of hydrogen-bond donors (Lipinski definition) is 0. The first-order valence-corrected chi connectivity index (χ1v) is 7.05. The number of rotatable bonds is 6. The van der Waals surface area contributed by atoms with Crippen LogP contribution in [0.1, 0.15) is 12.0 Å². The Morgan fingerprint density at radius 1 is 1.19 bits per heavy atom. The molecule has 0 aliphatic rings. The third-order valence-electron chi connectivity index (χ3n) is 3.48. The standard InChI is InChI=1S/C15H18N6/c1-20(9-4-10-21-12-17-18-19-21)11-14-6-2-5-13-7-3-8-16-15(13)14/h2-3,5-8,12H,4,9-11H2,1H3. The van der Waals surface area contributed by atoms with Crippen LogP contribution in [-0.2, 0) is 13.1 Å². The molecule has 3 rings (SSSR count). The van der Waals surface area contributed by atoms with Gasteiger partial charge in [0.15, 0.2) is 0 Å². The lowest BCUT2D eigenvalue weighted by atomic mass is 10.1. The second kappa shape index (κ2) is 6.41. The van der Waals surface area contributed by atoms with Gasteiger partial charge in [0.2, 0.25) is 0 Å². The van der Waals surface area contributed by atoms with Gasteiger partial charge in [-0.1, -0.05) is 24.3 Å². The molecule has 0 atom stereocenters. The van der Waals surface area contributed by atoms with Gasteiger partial charge in [0.1, 0.15) is 6.33 Å². The van der Waals surface area contributed by atoms with Crippen LogP contribution in [0.2, 0.25) is 0 Å². The van der Waals surface area contributed by atoms with Crippen LogP contribution < -0.4 is 0 Å². The van der Waals surface area contributed by atoms with Gasteiger partial charge >= 0.3 is 0 Å². The Morgan fingerprint density at radius 2 is 2.10 bits per heavy atom. The number of aryl methyl sites for hydroxylation is 1. The third kappa shape index (κ3) is 3.41. The Bertz CT molecular complexity index is 689. The molecule has 0 saturated heterocycles. The first-order valence-electron chi connectivity index (χ1n) is 7.05. The number of fused-ring (bicyclic) bond motifs is 1. The average Bonchev–Trinajstić information content (AvgIpc) is 3.01. The highest BCUT2D eigenvalue weighted by Crippen LogP contribution is 2.17. The quantitative estimate of drug-likeness (QED) is 0.689. The van der Waals surface area contributed by atoms with E-state index in [0.29, 0.717) is 0 Å². The molecule has 0 bridgehead atoms. The maximum atomic E-state index is 4.50. The Morgan fingerprint density at radius 3 is 2.95 bits per heavy atom. The van der Waals surface area contributed by atoms with Crippen LogP contribution in [0.3, 0.4) is 0 Å². The molecule has 2 aromatic heterocycles. The Labute approximate surface area is 123 Å². The van der Waals surface area contributed by atoms with Crippen molar-refractivity contribution in [3.8, 4) is 0 Å². The lowest BCUT2D eigenvalue weighted by molar-refractivity contribution is 0.311. The van der Waals surface area contributed by atoms with Gasteiger partial charge in [0.25, 0.3) is 0 Å². The normalized spacial score (nSPS) is 11.3. The topological polar surface area (TPSA) is 59.7 Å². The molecule has 3 aromatic rings. The van der Waals surface area contributed by atoms with Gasteiger partial charge in [-0.3, -0.25) is 4.98 Å². The van der Waals surface area contributed by atoms with Crippen LogP contribution >= 0.6 is 0 Å². The number of para-hydroxylation sites is 1. The van der Waals surface area contributed by atoms with E-state index in [2.05, 4.69) is 56.7 Å². The fourth-order valence-electron chi connectivity index (χ4n) is 2.45. The SMILES string of the molecule is CN(CCCn1cnnn1)Cc1cccc2cccnc12. The molecule has 21 heavy (non-hydrogen) atoms. The minimum Gasteiger partial charge on any atom is -0.302 e. The van der Waals surface area contributed by atoms with Gasteiger partial charge in [-0.15, -0.1) is 5.10 Å². The molecule has 108 valence electrons. The molecular formula is C15H18N6. The zero-order valence-electron chi connectivity index (χ0n) is 12.1. The number of hydrogen-bond acceptors (Lipinski definition) is 5. The van der Waals surface area contributed by atoms with Crippen molar-refractivity contribution in [2.24, 2.45) is 0 Å². The van der Waals surface area contributed by atoms with Crippen molar-refractivity contribution in [1.29, 1.82) is 0 Å². The van der Waals surface area contributed by atoms with E-state index in [1.807, 2.05) is 12.3 Å². The molecule has 0 amide bonds. The summed E-state index contributed by atoms with van der Waals surface area (Å²) in [5, 5.41) is 12.3. The maximum absolute atomic E-state index is 4.50. The summed E-state index contributed by atoms with van der Waals surface area (Å²) < 4.78 is 1.76. The monoisotopic (exact) mass is 282 g/mol. The molecule has 0 N–H and O–H groups in total. The van der Waals surface area contributed by atoms with Crippen molar-refractivity contribution in [3.63, 3.8) is 0 Å². The van der Waals surface area contributed by atoms with E-state index >= 15 is 0 Å². The van der Waals surface area contributed by atoms with Gasteiger partial charge in [-0.2, -0.15) is 0 Å². The van der Waals surface area contributed by atoms with Crippen LogP contribution in [0, 0.1) is 0 Å². The molecule has 0 aliphatic heterocycles. The second-order valence-corrected chi connectivity index (χ2v) is 5.16. The summed E-state index contributed by atoms with van der Waals surface area (Å²) in [5.41, 5.74) is 2.35. The number of tetrazole rings is 1. The van der Waals surface area contributed by atoms with Crippen LogP contribution in [-0.4, -0.2) is 43.7 Å². The first-order chi connectivity index (χ1) is 10.3. The molecule has 0 fully saturated rings. The van der Waals surface area contributed by atoms with E-state index in [0.717, 1.165) is 31.6 Å². The zero-order chi connectivity index (χ0) is 14.5. The molecule has 2 heterocycles. The fourth-order valence-corrected chi connectivity index (χ4v) is 2.45. The van der Waals surface area contributed by atoms with Gasteiger partial charge in [-0.25, -0.2) is 4.68 Å². The number of benzene rings is 1. The fraction of sp³-hybridized carbons (Fsp3) is 0.333. The van der Waals surface area contributed by atoms with Gasteiger partial charge in [0.05, 0.1) is 5.52 Å². The van der Waals surface area contributed by atoms with E-state index in [1.165, 1.54) is 10.9 Å². The van der Waals surface area contributed by atoms with E-state index < -0.39 is 0 Å². The van der Waals surface area contributed by atoms with Crippen LogP contribution in [0.4, 0.5) is 0 Å². The summed E-state index contributed by atoms with van der Waals surface area (Å²) in [6.45, 7) is 2.72. The van der Waals surface area contributed by atoms with Crippen LogP contribution in [0.5, 0.6) is 0 Å². The summed E-state index contributed by atoms with van der Waals surface area (Å²) in [7, 11) is 2.13. The van der Waals surface area contributed by atoms with Crippen molar-refractivity contribution in [3.05, 3.63) is 48.4 Å². The van der Waals surface area contributed by atoms with Crippen LogP contribution in [0.25, 0.3) is 10.9 Å². The molecule has 0 saturated carbocycles. The summed E-state index contributed by atoms with van der Waals surface area (Å²) in [5.74, 6) is 0. The molecule has 0 unspecified atom stereocenters. The van der Waals surface area contributed by atoms with E-state index in [4.69, 9.17) is 0 Å². The van der Waals surface area contributed by atoms with Crippen molar-refractivity contribution in [2.45, 2.75) is 19.5 Å². The summed E-state index contributed by atoms with van der Waals surface area (Å²) in [6.07, 6.45) is 4.51. The summed E-state index contributed by atoms with van der Waals surface area (Å²) in [4.78, 5) is 6.80. The Balaban J connectivity index is 1.59. The minimum atomic E-state index is 0.838. The largest absolute Gasteiger partial charge is 0.302 e. The Kier molecular flexibility index (Phi) is 4.16. The molecule has 6 nitrogen and oxygen atoms in total. The van der Waals surface area contributed by atoms with Crippen molar-refractivity contribution < 1.29 is 0 Å². The van der Waals surface area contributed by atoms with Crippen molar-refractivity contribution in [1.82, 2.24) is 30.1 Å². The highest BCUT2D eigenvalue weighted by Gasteiger charge is 2.05. The number of nitrogens with zero attached hydrogens (tertiary/aromatic N) is 6. The zero-order valence-corrected chi connectivity index (χ0v) is 12.1. The number of aromatic nitrogens is 5. The minimum absolute atomic E-state index is 0.838. The molecular weight excluding hydrogens is 264 g/mol. The number of pyridine rings is 1. The van der Waals surface area contributed by atoms with Gasteiger partial charge < -0.3 is 4.90 Å².